The van der Waals surface area contributed by atoms with E-state index in [0.29, 0.717) is 43.0 Å². The van der Waals surface area contributed by atoms with Gasteiger partial charge in [0, 0.05) is 36.3 Å². The van der Waals surface area contributed by atoms with E-state index in [0.717, 1.165) is 35.2 Å². The molecule has 0 radical (unpaired) electrons. The van der Waals surface area contributed by atoms with Crippen molar-refractivity contribution in [2.45, 2.75) is 45.4 Å². The highest BCUT2D eigenvalue weighted by molar-refractivity contribution is 6.05. The number of likely N-dealkylation sites (tertiary alicyclic amines) is 1. The lowest BCUT2D eigenvalue weighted by molar-refractivity contribution is -0.116. The number of fused-ring (bicyclic) bond motifs is 1. The highest BCUT2D eigenvalue weighted by Gasteiger charge is 2.27. The Morgan fingerprint density at radius 2 is 1.82 bits per heavy atom. The van der Waals surface area contributed by atoms with Crippen molar-refractivity contribution < 1.29 is 14.4 Å². The number of hydrogen-bond acceptors (Lipinski definition) is 4. The van der Waals surface area contributed by atoms with E-state index in [1.54, 1.807) is 6.07 Å². The summed E-state index contributed by atoms with van der Waals surface area (Å²) in [7, 11) is 0. The van der Waals surface area contributed by atoms with Crippen LogP contribution >= 0.6 is 0 Å². The molecule has 0 aliphatic carbocycles. The fourth-order valence-electron chi connectivity index (χ4n) is 4.81. The molecule has 0 saturated carbocycles. The van der Waals surface area contributed by atoms with Crippen LogP contribution in [-0.4, -0.2) is 41.7 Å². The molecule has 2 aliphatic rings. The van der Waals surface area contributed by atoms with Crippen molar-refractivity contribution in [2.24, 2.45) is 5.73 Å². The predicted molar refractivity (Wildman–Crippen MR) is 127 cm³/mol. The van der Waals surface area contributed by atoms with Gasteiger partial charge in [-0.05, 0) is 85.5 Å². The number of nitrogens with two attached hydrogens (primary N) is 1. The Bertz CT molecular complexity index is 1150. The van der Waals surface area contributed by atoms with Gasteiger partial charge in [-0.1, -0.05) is 6.07 Å². The monoisotopic (exact) mass is 447 g/mol. The Labute approximate surface area is 193 Å². The van der Waals surface area contributed by atoms with E-state index >= 15 is 0 Å². The van der Waals surface area contributed by atoms with Crippen LogP contribution in [0.5, 0.6) is 0 Å². The normalized spacial score (nSPS) is 16.1. The number of nitrogens with one attached hydrogen (secondary N) is 3. The molecule has 33 heavy (non-hydrogen) atoms. The molecule has 2 aromatic carbocycles. The van der Waals surface area contributed by atoms with Gasteiger partial charge < -0.3 is 16.0 Å². The Balaban J connectivity index is 1.43. The maximum atomic E-state index is 13.1. The molecule has 0 unspecified atom stereocenters. The zero-order chi connectivity index (χ0) is 23.7. The third-order valence-electron chi connectivity index (χ3n) is 6.58. The number of piperidine rings is 1. The molecule has 0 bridgehead atoms. The fourth-order valence-corrected chi connectivity index (χ4v) is 4.81. The van der Waals surface area contributed by atoms with Crippen LogP contribution in [0.15, 0.2) is 30.3 Å². The maximum Gasteiger partial charge on any atom is 0.258 e. The minimum atomic E-state index is -0.375. The molecule has 2 heterocycles. The Kier molecular flexibility index (Phi) is 6.18. The standard InChI is InChI=1S/C25H29N5O3/c1-14-12-20(23(32)29-25(26)27)15(2)11-19(14)16-7-9-30(10-8-16)24(33)18-3-5-21-17(13-18)4-6-22(31)28-21/h3,5,11-13,16H,4,6-10H2,1-2H3,(H,28,31)(H4,26,27,29,32). The van der Waals surface area contributed by atoms with E-state index in [4.69, 9.17) is 11.1 Å². The molecule has 3 amide bonds. The first kappa shape index (κ1) is 22.5. The first-order chi connectivity index (χ1) is 15.7. The van der Waals surface area contributed by atoms with Crippen molar-refractivity contribution in [1.82, 2.24) is 10.2 Å². The van der Waals surface area contributed by atoms with E-state index in [2.05, 4.69) is 10.6 Å². The molecule has 8 nitrogen and oxygen atoms in total. The second-order valence-electron chi connectivity index (χ2n) is 8.88. The van der Waals surface area contributed by atoms with E-state index < -0.39 is 0 Å². The van der Waals surface area contributed by atoms with Crippen LogP contribution in [0.1, 0.15) is 68.2 Å². The summed E-state index contributed by atoms with van der Waals surface area (Å²) in [5, 5.41) is 12.5. The molecule has 4 rings (SSSR count). The second kappa shape index (κ2) is 9.05. The zero-order valence-corrected chi connectivity index (χ0v) is 19.0. The molecular weight excluding hydrogens is 418 g/mol. The predicted octanol–water partition coefficient (Wildman–Crippen LogP) is 2.83. The molecule has 1 fully saturated rings. The van der Waals surface area contributed by atoms with Gasteiger partial charge in [0.1, 0.15) is 0 Å². The summed E-state index contributed by atoms with van der Waals surface area (Å²) in [6.45, 7) is 5.21. The van der Waals surface area contributed by atoms with Crippen LogP contribution in [0.3, 0.4) is 0 Å². The number of rotatable bonds is 3. The Morgan fingerprint density at radius 1 is 1.09 bits per heavy atom. The van der Waals surface area contributed by atoms with Crippen molar-refractivity contribution in [3.05, 3.63) is 63.7 Å². The van der Waals surface area contributed by atoms with Crippen LogP contribution in [0.25, 0.3) is 0 Å². The fraction of sp³-hybridized carbons (Fsp3) is 0.360. The lowest BCUT2D eigenvalue weighted by atomic mass is 9.84. The van der Waals surface area contributed by atoms with Crippen molar-refractivity contribution in [3.63, 3.8) is 0 Å². The second-order valence-corrected chi connectivity index (χ2v) is 8.88. The quantitative estimate of drug-likeness (QED) is 0.426. The Morgan fingerprint density at radius 3 is 2.52 bits per heavy atom. The highest BCUT2D eigenvalue weighted by atomic mass is 16.2. The number of nitrogens with zero attached hydrogens (tertiary/aromatic N) is 1. The third-order valence-corrected chi connectivity index (χ3v) is 6.58. The van der Waals surface area contributed by atoms with Crippen molar-refractivity contribution in [1.29, 1.82) is 5.41 Å². The molecule has 0 atom stereocenters. The Hall–Kier alpha value is -3.68. The maximum absolute atomic E-state index is 13.1. The van der Waals surface area contributed by atoms with Gasteiger partial charge in [0.2, 0.25) is 5.91 Å². The van der Waals surface area contributed by atoms with Crippen LogP contribution < -0.4 is 16.4 Å². The lowest BCUT2D eigenvalue weighted by Gasteiger charge is -2.33. The first-order valence-corrected chi connectivity index (χ1v) is 11.2. The largest absolute Gasteiger partial charge is 0.370 e. The van der Waals surface area contributed by atoms with Crippen molar-refractivity contribution in [3.8, 4) is 0 Å². The summed E-state index contributed by atoms with van der Waals surface area (Å²) in [5.41, 5.74) is 11.3. The summed E-state index contributed by atoms with van der Waals surface area (Å²) >= 11 is 0. The van der Waals surface area contributed by atoms with E-state index in [1.807, 2.05) is 43.0 Å². The van der Waals surface area contributed by atoms with Crippen LogP contribution in [0.2, 0.25) is 0 Å². The summed E-state index contributed by atoms with van der Waals surface area (Å²) in [5.74, 6) is -0.392. The lowest BCUT2D eigenvalue weighted by Crippen LogP contribution is -2.38. The number of hydrogen-bond donors (Lipinski definition) is 4. The number of anilines is 1. The molecular formula is C25H29N5O3. The average molecular weight is 448 g/mol. The van der Waals surface area contributed by atoms with Gasteiger partial charge in [-0.15, -0.1) is 0 Å². The van der Waals surface area contributed by atoms with Crippen molar-refractivity contribution >= 4 is 29.4 Å². The van der Waals surface area contributed by atoms with Crippen LogP contribution in [0, 0.1) is 19.3 Å². The third kappa shape index (κ3) is 4.74. The van der Waals surface area contributed by atoms with Crippen molar-refractivity contribution in [2.75, 3.05) is 18.4 Å². The molecule has 1 saturated heterocycles. The number of carbonyl (C=O) groups excluding carboxylic acids is 3. The first-order valence-electron chi connectivity index (χ1n) is 11.2. The van der Waals surface area contributed by atoms with Gasteiger partial charge in [-0.2, -0.15) is 0 Å². The van der Waals surface area contributed by atoms with Gasteiger partial charge in [0.15, 0.2) is 5.96 Å². The minimum absolute atomic E-state index is 0.0155. The van der Waals surface area contributed by atoms with Gasteiger partial charge in [0.05, 0.1) is 0 Å². The average Bonchev–Trinajstić information content (AvgIpc) is 2.79. The molecule has 172 valence electrons. The molecule has 2 aliphatic heterocycles. The van der Waals surface area contributed by atoms with Gasteiger partial charge in [-0.3, -0.25) is 25.1 Å². The minimum Gasteiger partial charge on any atom is -0.370 e. The summed E-state index contributed by atoms with van der Waals surface area (Å²) in [4.78, 5) is 38.8. The number of amides is 3. The smallest absolute Gasteiger partial charge is 0.258 e. The zero-order valence-electron chi connectivity index (χ0n) is 19.0. The number of carbonyl (C=O) groups is 3. The van der Waals surface area contributed by atoms with Gasteiger partial charge in [0.25, 0.3) is 11.8 Å². The SMILES string of the molecule is Cc1cc(C2CCN(C(=O)c3ccc4c(c3)CCC(=O)N4)CC2)c(C)cc1C(=O)NC(=N)N. The topological polar surface area (TPSA) is 128 Å². The molecule has 2 aromatic rings. The summed E-state index contributed by atoms with van der Waals surface area (Å²) in [6.07, 6.45) is 2.81. The molecule has 0 spiro atoms. The van der Waals surface area contributed by atoms with E-state index in [1.165, 1.54) is 5.56 Å². The van der Waals surface area contributed by atoms with Gasteiger partial charge in [-0.25, -0.2) is 0 Å². The highest BCUT2D eigenvalue weighted by Crippen LogP contribution is 2.33. The molecule has 0 aromatic heterocycles. The summed E-state index contributed by atoms with van der Waals surface area (Å²) in [6, 6.07) is 9.41. The number of guanidine groups is 1. The van der Waals surface area contributed by atoms with E-state index in [9.17, 15) is 14.4 Å². The van der Waals surface area contributed by atoms with Crippen LogP contribution in [0.4, 0.5) is 5.69 Å². The molecule has 8 heteroatoms. The molecule has 5 N–H and O–H groups in total. The number of aryl methyl sites for hydroxylation is 3. The summed E-state index contributed by atoms with van der Waals surface area (Å²) < 4.78 is 0. The number of benzene rings is 2. The van der Waals surface area contributed by atoms with E-state index in [-0.39, 0.29) is 23.7 Å². The van der Waals surface area contributed by atoms with Gasteiger partial charge >= 0.3 is 0 Å². The van der Waals surface area contributed by atoms with Crippen LogP contribution in [-0.2, 0) is 11.2 Å².